The summed E-state index contributed by atoms with van der Waals surface area (Å²) in [6.07, 6.45) is 0. The number of benzene rings is 1. The molecule has 6 heteroatoms. The Morgan fingerprint density at radius 3 is 2.85 bits per heavy atom. The van der Waals surface area contributed by atoms with E-state index in [1.54, 1.807) is 11.3 Å². The summed E-state index contributed by atoms with van der Waals surface area (Å²) in [5.74, 6) is 0.908. The number of hydrogen-bond donors (Lipinski definition) is 1. The third kappa shape index (κ3) is 2.25. The third-order valence-corrected chi connectivity index (χ3v) is 4.23. The van der Waals surface area contributed by atoms with E-state index in [0.717, 1.165) is 11.2 Å². The first kappa shape index (κ1) is 13.6. The molecule has 2 aliphatic rings. The van der Waals surface area contributed by atoms with Crippen LogP contribution in [-0.4, -0.2) is 27.4 Å². The molecule has 20 heavy (non-hydrogen) atoms. The molecule has 0 amide bonds. The van der Waals surface area contributed by atoms with Crippen LogP contribution in [0.3, 0.4) is 0 Å². The van der Waals surface area contributed by atoms with Crippen LogP contribution < -0.4 is 15.9 Å². The van der Waals surface area contributed by atoms with Crippen molar-refractivity contribution in [2.75, 3.05) is 20.3 Å². The van der Waals surface area contributed by atoms with Gasteiger partial charge in [0.2, 0.25) is 0 Å². The minimum absolute atomic E-state index is 0.252. The van der Waals surface area contributed by atoms with Gasteiger partial charge in [0.05, 0.1) is 13.2 Å². The second kappa shape index (κ2) is 5.97. The molecule has 3 heterocycles. The molecule has 0 atom stereocenters. The monoisotopic (exact) mass is 289 g/mol. The van der Waals surface area contributed by atoms with Gasteiger partial charge in [-0.2, -0.15) is 0 Å². The smallest absolute Gasteiger partial charge is 0.492 e. The summed E-state index contributed by atoms with van der Waals surface area (Å²) in [5, 5.41) is 2.09. The molecule has 0 aliphatic carbocycles. The maximum absolute atomic E-state index is 5.73. The number of ether oxygens (including phenoxy) is 1. The highest BCUT2D eigenvalue weighted by atomic mass is 32.1. The summed E-state index contributed by atoms with van der Waals surface area (Å²) in [7, 11) is 1.25. The molecule has 104 valence electrons. The van der Waals surface area contributed by atoms with Crippen LogP contribution in [0, 0.1) is 0 Å². The van der Waals surface area contributed by atoms with Crippen molar-refractivity contribution >= 4 is 23.9 Å². The molecular formula is C14H16BNO3S. The quantitative estimate of drug-likeness (QED) is 0.811. The van der Waals surface area contributed by atoms with Gasteiger partial charge in [-0.15, -0.1) is 11.3 Å². The Morgan fingerprint density at radius 1 is 1.15 bits per heavy atom. The SMILES string of the molecule is CN.c1csc(-c2ccc3c4c2COB4OCCO3)c1. The molecular weight excluding hydrogens is 273 g/mol. The normalized spacial score (nSPS) is 15.8. The van der Waals surface area contributed by atoms with Crippen LogP contribution in [0.15, 0.2) is 29.6 Å². The molecule has 2 aliphatic heterocycles. The van der Waals surface area contributed by atoms with E-state index in [9.17, 15) is 0 Å². The van der Waals surface area contributed by atoms with Crippen molar-refractivity contribution in [3.05, 3.63) is 35.2 Å². The Labute approximate surface area is 122 Å². The van der Waals surface area contributed by atoms with Gasteiger partial charge in [0.1, 0.15) is 12.4 Å². The first-order valence-corrected chi connectivity index (χ1v) is 7.45. The molecule has 0 unspecified atom stereocenters. The molecule has 0 fully saturated rings. The Hall–Kier alpha value is -1.34. The Kier molecular flexibility index (Phi) is 4.07. The fourth-order valence-electron chi connectivity index (χ4n) is 2.53. The van der Waals surface area contributed by atoms with Crippen molar-refractivity contribution in [2.45, 2.75) is 6.61 Å². The number of nitrogens with two attached hydrogens (primary N) is 1. The standard InChI is InChI=1S/C13H11BO3S.CH5N/c1-2-12(18-7-1)9-3-4-11-13-10(9)8-17-14(13)16-6-5-15-11;1-2/h1-4,7H,5-6,8H2;2H2,1H3. The first-order chi connectivity index (χ1) is 9.93. The molecule has 0 saturated carbocycles. The van der Waals surface area contributed by atoms with E-state index in [4.69, 9.17) is 14.0 Å². The van der Waals surface area contributed by atoms with E-state index in [0.29, 0.717) is 19.8 Å². The first-order valence-electron chi connectivity index (χ1n) is 6.57. The van der Waals surface area contributed by atoms with Crippen LogP contribution in [0.1, 0.15) is 5.56 Å². The lowest BCUT2D eigenvalue weighted by atomic mass is 9.77. The minimum atomic E-state index is -0.252. The summed E-state index contributed by atoms with van der Waals surface area (Å²) in [4.78, 5) is 1.27. The molecule has 2 N–H and O–H groups in total. The van der Waals surface area contributed by atoms with Crippen molar-refractivity contribution in [1.29, 1.82) is 0 Å². The van der Waals surface area contributed by atoms with Crippen molar-refractivity contribution in [2.24, 2.45) is 5.73 Å². The molecule has 0 bridgehead atoms. The highest BCUT2D eigenvalue weighted by molar-refractivity contribution is 7.13. The molecule has 0 radical (unpaired) electrons. The van der Waals surface area contributed by atoms with Crippen molar-refractivity contribution in [3.8, 4) is 16.2 Å². The zero-order valence-electron chi connectivity index (χ0n) is 11.3. The maximum atomic E-state index is 5.73. The number of rotatable bonds is 1. The Bertz CT molecular complexity index is 588. The maximum Gasteiger partial charge on any atom is 0.498 e. The van der Waals surface area contributed by atoms with Gasteiger partial charge < -0.3 is 19.8 Å². The number of hydrogen-bond acceptors (Lipinski definition) is 5. The van der Waals surface area contributed by atoms with E-state index in [-0.39, 0.29) is 7.12 Å². The summed E-state index contributed by atoms with van der Waals surface area (Å²) in [6.45, 7) is 1.77. The molecule has 0 saturated heterocycles. The molecule has 4 rings (SSSR count). The van der Waals surface area contributed by atoms with Crippen molar-refractivity contribution in [3.63, 3.8) is 0 Å². The lowest BCUT2D eigenvalue weighted by Gasteiger charge is -2.10. The van der Waals surface area contributed by atoms with E-state index in [1.807, 2.05) is 6.07 Å². The predicted octanol–water partition coefficient (Wildman–Crippen LogP) is 1.62. The second-order valence-electron chi connectivity index (χ2n) is 4.34. The van der Waals surface area contributed by atoms with Crippen molar-refractivity contribution < 1.29 is 14.0 Å². The van der Waals surface area contributed by atoms with Gasteiger partial charge in [0.15, 0.2) is 0 Å². The lowest BCUT2D eigenvalue weighted by molar-refractivity contribution is 0.180. The average molecular weight is 289 g/mol. The molecule has 2 aromatic rings. The largest absolute Gasteiger partial charge is 0.498 e. The lowest BCUT2D eigenvalue weighted by Crippen LogP contribution is -2.31. The Balaban J connectivity index is 0.000000581. The molecule has 1 aromatic carbocycles. The van der Waals surface area contributed by atoms with Crippen LogP contribution in [0.4, 0.5) is 0 Å². The van der Waals surface area contributed by atoms with Crippen LogP contribution in [-0.2, 0) is 15.9 Å². The number of thiophene rings is 1. The van der Waals surface area contributed by atoms with E-state index in [2.05, 4.69) is 29.3 Å². The van der Waals surface area contributed by atoms with E-state index >= 15 is 0 Å². The second-order valence-corrected chi connectivity index (χ2v) is 5.29. The third-order valence-electron chi connectivity index (χ3n) is 3.33. The van der Waals surface area contributed by atoms with Gasteiger partial charge >= 0.3 is 7.12 Å². The fourth-order valence-corrected chi connectivity index (χ4v) is 3.31. The zero-order valence-corrected chi connectivity index (χ0v) is 12.1. The Morgan fingerprint density at radius 2 is 2.05 bits per heavy atom. The highest BCUT2D eigenvalue weighted by Gasteiger charge is 2.37. The predicted molar refractivity (Wildman–Crippen MR) is 81.5 cm³/mol. The average Bonchev–Trinajstić information content (AvgIpc) is 3.11. The summed E-state index contributed by atoms with van der Waals surface area (Å²) >= 11 is 1.74. The van der Waals surface area contributed by atoms with Crippen LogP contribution in [0.5, 0.6) is 5.75 Å². The zero-order chi connectivity index (χ0) is 13.9. The summed E-state index contributed by atoms with van der Waals surface area (Å²) in [6, 6.07) is 8.36. The van der Waals surface area contributed by atoms with Crippen molar-refractivity contribution in [1.82, 2.24) is 0 Å². The van der Waals surface area contributed by atoms with E-state index in [1.165, 1.54) is 23.1 Å². The molecule has 1 aromatic heterocycles. The van der Waals surface area contributed by atoms with Crippen LogP contribution >= 0.6 is 11.3 Å². The van der Waals surface area contributed by atoms with Crippen LogP contribution in [0.2, 0.25) is 0 Å². The van der Waals surface area contributed by atoms with Gasteiger partial charge in [0.25, 0.3) is 0 Å². The highest BCUT2D eigenvalue weighted by Crippen LogP contribution is 2.33. The minimum Gasteiger partial charge on any atom is -0.492 e. The summed E-state index contributed by atoms with van der Waals surface area (Å²) < 4.78 is 17.1. The van der Waals surface area contributed by atoms with Crippen LogP contribution in [0.25, 0.3) is 10.4 Å². The molecule has 4 nitrogen and oxygen atoms in total. The topological polar surface area (TPSA) is 53.7 Å². The van der Waals surface area contributed by atoms with Gasteiger partial charge in [-0.05, 0) is 41.8 Å². The molecule has 0 spiro atoms. The van der Waals surface area contributed by atoms with Gasteiger partial charge in [-0.1, -0.05) is 6.07 Å². The fraction of sp³-hybridized carbons (Fsp3) is 0.286. The van der Waals surface area contributed by atoms with E-state index < -0.39 is 0 Å². The van der Waals surface area contributed by atoms with Gasteiger partial charge in [-0.25, -0.2) is 0 Å². The van der Waals surface area contributed by atoms with Gasteiger partial charge in [-0.3, -0.25) is 0 Å². The van der Waals surface area contributed by atoms with Gasteiger partial charge in [0, 0.05) is 10.3 Å². The summed E-state index contributed by atoms with van der Waals surface area (Å²) in [5.41, 5.74) is 8.03.